The van der Waals surface area contributed by atoms with Crippen LogP contribution < -0.4 is 5.32 Å². The van der Waals surface area contributed by atoms with Gasteiger partial charge in [-0.2, -0.15) is 0 Å². The molecule has 0 unspecified atom stereocenters. The van der Waals surface area contributed by atoms with Crippen LogP contribution in [0.5, 0.6) is 0 Å². The molecule has 0 aromatic heterocycles. The van der Waals surface area contributed by atoms with Crippen LogP contribution in [0.4, 0.5) is 0 Å². The molecule has 1 N–H and O–H groups in total. The number of unbranched alkanes of at least 4 members (excludes halogenated alkanes) is 1. The summed E-state index contributed by atoms with van der Waals surface area (Å²) in [6, 6.07) is 10.9. The summed E-state index contributed by atoms with van der Waals surface area (Å²) >= 11 is 0. The molecule has 2 rings (SSSR count). The first-order valence-electron chi connectivity index (χ1n) is 6.09. The van der Waals surface area contributed by atoms with Gasteiger partial charge in [-0.25, -0.2) is 0 Å². The zero-order valence-electron chi connectivity index (χ0n) is 9.63. The van der Waals surface area contributed by atoms with E-state index in [-0.39, 0.29) is 0 Å². The zero-order valence-corrected chi connectivity index (χ0v) is 9.63. The van der Waals surface area contributed by atoms with Crippen molar-refractivity contribution in [1.29, 1.82) is 0 Å². The first kappa shape index (κ1) is 10.7. The third-order valence-corrected chi connectivity index (χ3v) is 3.48. The van der Waals surface area contributed by atoms with Gasteiger partial charge in [0.1, 0.15) is 0 Å². The van der Waals surface area contributed by atoms with E-state index in [1.165, 1.54) is 44.3 Å². The Balaban J connectivity index is 1.96. The number of nitrogens with one attached hydrogen (secondary N) is 1. The predicted molar refractivity (Wildman–Crippen MR) is 65.0 cm³/mol. The summed E-state index contributed by atoms with van der Waals surface area (Å²) in [5, 5.41) is 3.43. The van der Waals surface area contributed by atoms with Gasteiger partial charge in [0.25, 0.3) is 0 Å². The molecule has 0 aliphatic carbocycles. The number of rotatable bonds is 5. The van der Waals surface area contributed by atoms with E-state index in [2.05, 4.69) is 42.6 Å². The van der Waals surface area contributed by atoms with Crippen LogP contribution in [0.15, 0.2) is 30.3 Å². The Kier molecular flexibility index (Phi) is 3.42. The fraction of sp³-hybridized carbons (Fsp3) is 0.571. The molecule has 1 fully saturated rings. The first-order chi connectivity index (χ1) is 7.35. The van der Waals surface area contributed by atoms with Crippen molar-refractivity contribution in [2.24, 2.45) is 5.41 Å². The minimum atomic E-state index is 0.567. The van der Waals surface area contributed by atoms with Crippen molar-refractivity contribution in [3.05, 3.63) is 35.9 Å². The van der Waals surface area contributed by atoms with E-state index in [1.807, 2.05) is 0 Å². The largest absolute Gasteiger partial charge is 0.316 e. The van der Waals surface area contributed by atoms with E-state index in [0.29, 0.717) is 5.41 Å². The van der Waals surface area contributed by atoms with Crippen LogP contribution in [-0.4, -0.2) is 13.1 Å². The number of benzene rings is 1. The normalized spacial score (nSPS) is 18.5. The molecule has 15 heavy (non-hydrogen) atoms. The van der Waals surface area contributed by atoms with Crippen LogP contribution in [0.2, 0.25) is 0 Å². The van der Waals surface area contributed by atoms with Gasteiger partial charge >= 0.3 is 0 Å². The van der Waals surface area contributed by atoms with Crippen LogP contribution >= 0.6 is 0 Å². The van der Waals surface area contributed by atoms with Crippen molar-refractivity contribution in [3.63, 3.8) is 0 Å². The molecule has 82 valence electrons. The van der Waals surface area contributed by atoms with Gasteiger partial charge in [-0.05, 0) is 23.8 Å². The van der Waals surface area contributed by atoms with E-state index >= 15 is 0 Å². The van der Waals surface area contributed by atoms with E-state index in [9.17, 15) is 0 Å². The van der Waals surface area contributed by atoms with Gasteiger partial charge in [0.15, 0.2) is 0 Å². The van der Waals surface area contributed by atoms with Crippen LogP contribution in [-0.2, 0) is 6.42 Å². The maximum absolute atomic E-state index is 3.43. The Hall–Kier alpha value is -0.820. The lowest BCUT2D eigenvalue weighted by molar-refractivity contribution is 0.148. The van der Waals surface area contributed by atoms with E-state index in [0.717, 1.165) is 0 Å². The maximum Gasteiger partial charge on any atom is 0.00234 e. The van der Waals surface area contributed by atoms with Crippen LogP contribution in [0, 0.1) is 5.41 Å². The SMILES string of the molecule is CCCCC1(Cc2ccccc2)CNC1. The Bertz CT molecular complexity index is 287. The first-order valence-corrected chi connectivity index (χ1v) is 6.09. The zero-order chi connectivity index (χ0) is 10.6. The summed E-state index contributed by atoms with van der Waals surface area (Å²) in [4.78, 5) is 0. The van der Waals surface area contributed by atoms with Crippen molar-refractivity contribution in [2.45, 2.75) is 32.6 Å². The van der Waals surface area contributed by atoms with Gasteiger partial charge in [0.05, 0.1) is 0 Å². The van der Waals surface area contributed by atoms with Crippen molar-refractivity contribution < 1.29 is 0 Å². The van der Waals surface area contributed by atoms with E-state index in [1.54, 1.807) is 0 Å². The standard InChI is InChI=1S/C14H21N/c1-2-3-9-14(11-15-12-14)10-13-7-5-4-6-8-13/h4-8,15H,2-3,9-12H2,1H3. The third kappa shape index (κ3) is 2.60. The molecule has 0 bridgehead atoms. The highest BCUT2D eigenvalue weighted by molar-refractivity contribution is 5.18. The summed E-state index contributed by atoms with van der Waals surface area (Å²) < 4.78 is 0. The Morgan fingerprint density at radius 1 is 1.20 bits per heavy atom. The molecule has 0 amide bonds. The molecular weight excluding hydrogens is 182 g/mol. The minimum Gasteiger partial charge on any atom is -0.316 e. The van der Waals surface area contributed by atoms with E-state index < -0.39 is 0 Å². The highest BCUT2D eigenvalue weighted by Gasteiger charge is 2.35. The maximum atomic E-state index is 3.43. The van der Waals surface area contributed by atoms with Crippen LogP contribution in [0.3, 0.4) is 0 Å². The lowest BCUT2D eigenvalue weighted by atomic mass is 9.73. The molecule has 0 radical (unpaired) electrons. The molecule has 1 aliphatic heterocycles. The van der Waals surface area contributed by atoms with Gasteiger partial charge in [-0.15, -0.1) is 0 Å². The highest BCUT2D eigenvalue weighted by atomic mass is 15.0. The average Bonchev–Trinajstić information content (AvgIpc) is 2.23. The predicted octanol–water partition coefficient (Wildman–Crippen LogP) is 3.01. The molecule has 0 spiro atoms. The van der Waals surface area contributed by atoms with Gasteiger partial charge in [0.2, 0.25) is 0 Å². The lowest BCUT2D eigenvalue weighted by Crippen LogP contribution is -2.54. The minimum absolute atomic E-state index is 0.567. The summed E-state index contributed by atoms with van der Waals surface area (Å²) in [6.07, 6.45) is 5.32. The van der Waals surface area contributed by atoms with Gasteiger partial charge in [0, 0.05) is 13.1 Å². The molecule has 1 aliphatic rings. The third-order valence-electron chi connectivity index (χ3n) is 3.48. The molecule has 0 saturated carbocycles. The molecule has 1 heterocycles. The Morgan fingerprint density at radius 2 is 1.93 bits per heavy atom. The van der Waals surface area contributed by atoms with Crippen LogP contribution in [0.25, 0.3) is 0 Å². The lowest BCUT2D eigenvalue weighted by Gasteiger charge is -2.43. The smallest absolute Gasteiger partial charge is 0.00234 e. The Labute approximate surface area is 92.9 Å². The summed E-state index contributed by atoms with van der Waals surface area (Å²) in [5.41, 5.74) is 2.06. The summed E-state index contributed by atoms with van der Waals surface area (Å²) in [7, 11) is 0. The topological polar surface area (TPSA) is 12.0 Å². The van der Waals surface area contributed by atoms with Gasteiger partial charge in [-0.3, -0.25) is 0 Å². The molecule has 1 nitrogen and oxygen atoms in total. The van der Waals surface area contributed by atoms with Crippen molar-refractivity contribution in [1.82, 2.24) is 5.32 Å². The second-order valence-electron chi connectivity index (χ2n) is 4.87. The van der Waals surface area contributed by atoms with E-state index in [4.69, 9.17) is 0 Å². The van der Waals surface area contributed by atoms with Crippen molar-refractivity contribution in [3.8, 4) is 0 Å². The van der Waals surface area contributed by atoms with Crippen molar-refractivity contribution >= 4 is 0 Å². The van der Waals surface area contributed by atoms with Crippen LogP contribution in [0.1, 0.15) is 31.7 Å². The summed E-state index contributed by atoms with van der Waals surface area (Å²) in [6.45, 7) is 4.70. The Morgan fingerprint density at radius 3 is 2.47 bits per heavy atom. The second-order valence-corrected chi connectivity index (χ2v) is 4.87. The van der Waals surface area contributed by atoms with Gasteiger partial charge < -0.3 is 5.32 Å². The molecule has 0 atom stereocenters. The summed E-state index contributed by atoms with van der Waals surface area (Å²) in [5.74, 6) is 0. The molecule has 1 heteroatoms. The number of hydrogen-bond donors (Lipinski definition) is 1. The molecule has 1 saturated heterocycles. The quantitative estimate of drug-likeness (QED) is 0.775. The van der Waals surface area contributed by atoms with Gasteiger partial charge in [-0.1, -0.05) is 50.1 Å². The molecule has 1 aromatic carbocycles. The second kappa shape index (κ2) is 4.80. The highest BCUT2D eigenvalue weighted by Crippen LogP contribution is 2.33. The fourth-order valence-electron chi connectivity index (χ4n) is 2.45. The molecule has 1 aromatic rings. The van der Waals surface area contributed by atoms with Crippen molar-refractivity contribution in [2.75, 3.05) is 13.1 Å². The number of hydrogen-bond acceptors (Lipinski definition) is 1. The average molecular weight is 203 g/mol. The monoisotopic (exact) mass is 203 g/mol. The fourth-order valence-corrected chi connectivity index (χ4v) is 2.45. The molecular formula is C14H21N.